The van der Waals surface area contributed by atoms with Crippen molar-refractivity contribution >= 4 is 0 Å². The number of nitrogens with zero attached hydrogens (tertiary/aromatic N) is 3. The van der Waals surface area contributed by atoms with Crippen molar-refractivity contribution < 1.29 is 0 Å². The molecule has 2 rings (SSSR count). The zero-order valence-corrected chi connectivity index (χ0v) is 10.7. The Morgan fingerprint density at radius 3 is 2.81 bits per heavy atom. The monoisotopic (exact) mass is 222 g/mol. The molecule has 4 nitrogen and oxygen atoms in total. The van der Waals surface area contributed by atoms with Gasteiger partial charge in [0.05, 0.1) is 6.54 Å². The quantitative estimate of drug-likeness (QED) is 0.826. The molecule has 0 amide bonds. The largest absolute Gasteiger partial charge is 0.313 e. The average Bonchev–Trinajstić information content (AvgIpc) is 2.61. The van der Waals surface area contributed by atoms with Gasteiger partial charge in [-0.25, -0.2) is 0 Å². The SMILES string of the molecule is CC(Cc1nnc2n1CCNC2)C(C)(C)C. The van der Waals surface area contributed by atoms with E-state index in [2.05, 4.69) is 47.8 Å². The summed E-state index contributed by atoms with van der Waals surface area (Å²) in [6, 6.07) is 0. The van der Waals surface area contributed by atoms with E-state index in [1.54, 1.807) is 0 Å². The van der Waals surface area contributed by atoms with Crippen molar-refractivity contribution in [3.63, 3.8) is 0 Å². The third kappa shape index (κ3) is 2.26. The summed E-state index contributed by atoms with van der Waals surface area (Å²) in [5.41, 5.74) is 0.333. The van der Waals surface area contributed by atoms with Gasteiger partial charge in [0.15, 0.2) is 0 Å². The smallest absolute Gasteiger partial charge is 0.147 e. The van der Waals surface area contributed by atoms with Crippen molar-refractivity contribution in [2.75, 3.05) is 6.54 Å². The van der Waals surface area contributed by atoms with Gasteiger partial charge in [-0.15, -0.1) is 10.2 Å². The first-order valence-corrected chi connectivity index (χ1v) is 6.10. The number of nitrogens with one attached hydrogen (secondary N) is 1. The minimum absolute atomic E-state index is 0.333. The fraction of sp³-hybridized carbons (Fsp3) is 0.833. The van der Waals surface area contributed by atoms with Gasteiger partial charge in [0.1, 0.15) is 11.6 Å². The predicted octanol–water partition coefficient (Wildman–Crippen LogP) is 1.61. The van der Waals surface area contributed by atoms with Gasteiger partial charge in [-0.3, -0.25) is 0 Å². The van der Waals surface area contributed by atoms with Crippen molar-refractivity contribution in [2.24, 2.45) is 11.3 Å². The second kappa shape index (κ2) is 4.17. The first-order valence-electron chi connectivity index (χ1n) is 6.10. The highest BCUT2D eigenvalue weighted by Crippen LogP contribution is 2.28. The Morgan fingerprint density at radius 1 is 1.38 bits per heavy atom. The lowest BCUT2D eigenvalue weighted by Crippen LogP contribution is -2.30. The zero-order chi connectivity index (χ0) is 11.8. The van der Waals surface area contributed by atoms with Gasteiger partial charge in [-0.1, -0.05) is 27.7 Å². The van der Waals surface area contributed by atoms with Crippen LogP contribution in [0.5, 0.6) is 0 Å². The van der Waals surface area contributed by atoms with Crippen LogP contribution in [-0.2, 0) is 19.5 Å². The first kappa shape index (κ1) is 11.6. The van der Waals surface area contributed by atoms with Crippen LogP contribution >= 0.6 is 0 Å². The van der Waals surface area contributed by atoms with Crippen LogP contribution < -0.4 is 5.32 Å². The van der Waals surface area contributed by atoms with Crippen molar-refractivity contribution in [2.45, 2.75) is 47.2 Å². The molecule has 0 saturated heterocycles. The van der Waals surface area contributed by atoms with Gasteiger partial charge in [-0.2, -0.15) is 0 Å². The van der Waals surface area contributed by atoms with Crippen LogP contribution in [-0.4, -0.2) is 21.3 Å². The summed E-state index contributed by atoms with van der Waals surface area (Å²) in [7, 11) is 0. The standard InChI is InChI=1S/C12H22N4/c1-9(12(2,3)4)7-10-14-15-11-8-13-5-6-16(10)11/h9,13H,5-8H2,1-4H3. The second-order valence-electron chi connectivity index (χ2n) is 5.83. The minimum atomic E-state index is 0.333. The number of hydrogen-bond donors (Lipinski definition) is 1. The molecule has 1 aromatic heterocycles. The van der Waals surface area contributed by atoms with E-state index in [0.29, 0.717) is 11.3 Å². The summed E-state index contributed by atoms with van der Waals surface area (Å²) in [6.45, 7) is 12.0. The number of aromatic nitrogens is 3. The van der Waals surface area contributed by atoms with E-state index in [-0.39, 0.29) is 0 Å². The molecular formula is C12H22N4. The summed E-state index contributed by atoms with van der Waals surface area (Å²) in [4.78, 5) is 0. The topological polar surface area (TPSA) is 42.7 Å². The van der Waals surface area contributed by atoms with E-state index >= 15 is 0 Å². The molecule has 1 unspecified atom stereocenters. The molecule has 1 aromatic rings. The van der Waals surface area contributed by atoms with E-state index in [1.807, 2.05) is 0 Å². The zero-order valence-electron chi connectivity index (χ0n) is 10.7. The third-order valence-electron chi connectivity index (χ3n) is 3.67. The van der Waals surface area contributed by atoms with E-state index in [0.717, 1.165) is 37.7 Å². The van der Waals surface area contributed by atoms with E-state index in [4.69, 9.17) is 0 Å². The molecule has 0 aliphatic carbocycles. The van der Waals surface area contributed by atoms with Crippen LogP contribution in [0.2, 0.25) is 0 Å². The first-order chi connectivity index (χ1) is 7.48. The summed E-state index contributed by atoms with van der Waals surface area (Å²) >= 11 is 0. The minimum Gasteiger partial charge on any atom is -0.313 e. The normalized spacial score (nSPS) is 18.2. The van der Waals surface area contributed by atoms with E-state index in [1.165, 1.54) is 0 Å². The molecule has 1 N–H and O–H groups in total. The molecule has 4 heteroatoms. The molecule has 0 saturated carbocycles. The third-order valence-corrected chi connectivity index (χ3v) is 3.67. The van der Waals surface area contributed by atoms with E-state index in [9.17, 15) is 0 Å². The molecule has 1 aliphatic heterocycles. The van der Waals surface area contributed by atoms with Gasteiger partial charge >= 0.3 is 0 Å². The molecule has 0 fully saturated rings. The van der Waals surface area contributed by atoms with Crippen LogP contribution in [0.4, 0.5) is 0 Å². The Bertz CT molecular complexity index is 362. The van der Waals surface area contributed by atoms with Gasteiger partial charge in [0.25, 0.3) is 0 Å². The maximum Gasteiger partial charge on any atom is 0.147 e. The number of hydrogen-bond acceptors (Lipinski definition) is 3. The van der Waals surface area contributed by atoms with Crippen LogP contribution in [0.15, 0.2) is 0 Å². The predicted molar refractivity (Wildman–Crippen MR) is 64.1 cm³/mol. The Labute approximate surface area is 97.5 Å². The van der Waals surface area contributed by atoms with Crippen LogP contribution in [0.25, 0.3) is 0 Å². The highest BCUT2D eigenvalue weighted by molar-refractivity contribution is 5.00. The molecular weight excluding hydrogens is 200 g/mol. The maximum atomic E-state index is 4.32. The average molecular weight is 222 g/mol. The van der Waals surface area contributed by atoms with Crippen LogP contribution in [0.3, 0.4) is 0 Å². The molecule has 0 spiro atoms. The summed E-state index contributed by atoms with van der Waals surface area (Å²) in [5, 5.41) is 11.9. The highest BCUT2D eigenvalue weighted by atomic mass is 15.3. The fourth-order valence-electron chi connectivity index (χ4n) is 1.88. The Hall–Kier alpha value is -0.900. The molecule has 0 radical (unpaired) electrons. The Morgan fingerprint density at radius 2 is 2.12 bits per heavy atom. The van der Waals surface area contributed by atoms with Crippen LogP contribution in [0.1, 0.15) is 39.3 Å². The molecule has 1 atom stereocenters. The van der Waals surface area contributed by atoms with Crippen molar-refractivity contribution in [3.8, 4) is 0 Å². The lowest BCUT2D eigenvalue weighted by molar-refractivity contribution is 0.253. The highest BCUT2D eigenvalue weighted by Gasteiger charge is 2.24. The van der Waals surface area contributed by atoms with Gasteiger partial charge < -0.3 is 9.88 Å². The Kier molecular flexibility index (Phi) is 3.02. The van der Waals surface area contributed by atoms with Gasteiger partial charge in [0.2, 0.25) is 0 Å². The van der Waals surface area contributed by atoms with E-state index < -0.39 is 0 Å². The molecule has 16 heavy (non-hydrogen) atoms. The second-order valence-corrected chi connectivity index (χ2v) is 5.83. The van der Waals surface area contributed by atoms with Gasteiger partial charge in [0, 0.05) is 19.5 Å². The van der Waals surface area contributed by atoms with Crippen molar-refractivity contribution in [3.05, 3.63) is 11.6 Å². The molecule has 90 valence electrons. The number of rotatable bonds is 2. The van der Waals surface area contributed by atoms with Crippen LogP contribution in [0, 0.1) is 11.3 Å². The fourth-order valence-corrected chi connectivity index (χ4v) is 1.88. The molecule has 2 heterocycles. The Balaban J connectivity index is 2.13. The lowest BCUT2D eigenvalue weighted by Gasteiger charge is -2.27. The molecule has 0 bridgehead atoms. The molecule has 0 aromatic carbocycles. The summed E-state index contributed by atoms with van der Waals surface area (Å²) in [5.74, 6) is 2.86. The maximum absolute atomic E-state index is 4.32. The number of fused-ring (bicyclic) bond motifs is 1. The summed E-state index contributed by atoms with van der Waals surface area (Å²) in [6.07, 6.45) is 1.02. The van der Waals surface area contributed by atoms with Crippen molar-refractivity contribution in [1.82, 2.24) is 20.1 Å². The van der Waals surface area contributed by atoms with Crippen molar-refractivity contribution in [1.29, 1.82) is 0 Å². The van der Waals surface area contributed by atoms with Gasteiger partial charge in [-0.05, 0) is 11.3 Å². The summed E-state index contributed by atoms with van der Waals surface area (Å²) < 4.78 is 2.28. The lowest BCUT2D eigenvalue weighted by atomic mass is 9.80. The molecule has 1 aliphatic rings.